The molecule has 0 N–H and O–H groups in total. The molecule has 5 nitrogen and oxygen atoms in total. The van der Waals surface area contributed by atoms with Crippen molar-refractivity contribution in [1.82, 2.24) is 9.21 Å². The molecule has 0 aliphatic carbocycles. The van der Waals surface area contributed by atoms with Crippen molar-refractivity contribution in [3.05, 3.63) is 29.6 Å². The van der Waals surface area contributed by atoms with Crippen LogP contribution in [0.2, 0.25) is 0 Å². The molecule has 0 amide bonds. The van der Waals surface area contributed by atoms with E-state index in [4.69, 9.17) is 4.74 Å². The van der Waals surface area contributed by atoms with Crippen LogP contribution in [0.3, 0.4) is 0 Å². The second-order valence-corrected chi connectivity index (χ2v) is 9.76. The molecule has 1 aromatic rings. The summed E-state index contributed by atoms with van der Waals surface area (Å²) in [6.45, 7) is 9.51. The largest absolute Gasteiger partial charge is 0.381 e. The first-order chi connectivity index (χ1) is 12.3. The summed E-state index contributed by atoms with van der Waals surface area (Å²) in [5, 5.41) is 0. The third kappa shape index (κ3) is 4.11. The number of aryl methyl sites for hydroxylation is 1. The van der Waals surface area contributed by atoms with Crippen molar-refractivity contribution >= 4 is 10.0 Å². The van der Waals surface area contributed by atoms with Crippen LogP contribution in [0.15, 0.2) is 23.1 Å². The van der Waals surface area contributed by atoms with Gasteiger partial charge in [-0.25, -0.2) is 12.8 Å². The lowest BCUT2D eigenvalue weighted by Crippen LogP contribution is -2.64. The summed E-state index contributed by atoms with van der Waals surface area (Å²) in [5.74, 6) is 0.149. The number of sulfonamides is 1. The number of benzene rings is 1. The van der Waals surface area contributed by atoms with Gasteiger partial charge >= 0.3 is 0 Å². The predicted octanol–water partition coefficient (Wildman–Crippen LogP) is 2.64. The predicted molar refractivity (Wildman–Crippen MR) is 99.1 cm³/mol. The second kappa shape index (κ2) is 7.92. The molecule has 2 heterocycles. The summed E-state index contributed by atoms with van der Waals surface area (Å²) in [6, 6.07) is 4.72. The molecule has 0 aromatic heterocycles. The van der Waals surface area contributed by atoms with Crippen LogP contribution in [0.25, 0.3) is 0 Å². The average molecular weight is 385 g/mol. The van der Waals surface area contributed by atoms with Gasteiger partial charge in [-0.05, 0) is 49.4 Å². The van der Waals surface area contributed by atoms with E-state index in [0.29, 0.717) is 30.6 Å². The lowest BCUT2D eigenvalue weighted by molar-refractivity contribution is -0.0157. The average Bonchev–Trinajstić information content (AvgIpc) is 2.55. The summed E-state index contributed by atoms with van der Waals surface area (Å²) in [7, 11) is -3.55. The molecule has 0 bridgehead atoms. The van der Waals surface area contributed by atoms with E-state index in [1.165, 1.54) is 22.5 Å². The van der Waals surface area contributed by atoms with Gasteiger partial charge in [-0.3, -0.25) is 4.90 Å². The third-order valence-electron chi connectivity index (χ3n) is 5.30. The van der Waals surface area contributed by atoms with Gasteiger partial charge in [0.2, 0.25) is 10.0 Å². The van der Waals surface area contributed by atoms with Gasteiger partial charge in [0.15, 0.2) is 0 Å². The molecule has 0 radical (unpaired) electrons. The monoisotopic (exact) mass is 384 g/mol. The highest BCUT2D eigenvalue weighted by Crippen LogP contribution is 2.29. The molecular formula is C19H29FN2O3S. The quantitative estimate of drug-likeness (QED) is 0.757. The number of hydrogen-bond donors (Lipinski definition) is 0. The molecule has 3 rings (SSSR count). The van der Waals surface area contributed by atoms with Crippen molar-refractivity contribution in [3.63, 3.8) is 0 Å². The van der Waals surface area contributed by atoms with Crippen molar-refractivity contribution in [3.8, 4) is 0 Å². The van der Waals surface area contributed by atoms with E-state index in [9.17, 15) is 12.8 Å². The van der Waals surface area contributed by atoms with Crippen molar-refractivity contribution < 1.29 is 17.5 Å². The Labute approximate surface area is 156 Å². The SMILES string of the molecule is Cc1cc(S(=O)(=O)N2CC(N(CC(C)C)C3CCOCC3)C2)ccc1F. The number of ether oxygens (including phenoxy) is 1. The normalized spacial score (nSPS) is 20.7. The molecular weight excluding hydrogens is 355 g/mol. The summed E-state index contributed by atoms with van der Waals surface area (Å²) in [4.78, 5) is 2.66. The minimum atomic E-state index is -3.55. The Hall–Kier alpha value is -1.02. The van der Waals surface area contributed by atoms with Gasteiger partial charge in [0.25, 0.3) is 0 Å². The fourth-order valence-corrected chi connectivity index (χ4v) is 5.38. The summed E-state index contributed by atoms with van der Waals surface area (Å²) in [5.41, 5.74) is 0.354. The van der Waals surface area contributed by atoms with E-state index in [-0.39, 0.29) is 16.8 Å². The van der Waals surface area contributed by atoms with Gasteiger partial charge in [0, 0.05) is 44.9 Å². The lowest BCUT2D eigenvalue weighted by Gasteiger charge is -2.48. The van der Waals surface area contributed by atoms with E-state index in [1.54, 1.807) is 6.92 Å². The topological polar surface area (TPSA) is 49.9 Å². The smallest absolute Gasteiger partial charge is 0.243 e. The summed E-state index contributed by atoms with van der Waals surface area (Å²) in [6.07, 6.45) is 2.01. The molecule has 0 saturated carbocycles. The Morgan fingerprint density at radius 3 is 2.46 bits per heavy atom. The van der Waals surface area contributed by atoms with Crippen LogP contribution in [0, 0.1) is 18.7 Å². The Balaban J connectivity index is 1.69. The van der Waals surface area contributed by atoms with E-state index >= 15 is 0 Å². The molecule has 146 valence electrons. The lowest BCUT2D eigenvalue weighted by atomic mass is 9.99. The second-order valence-electron chi connectivity index (χ2n) is 7.82. The third-order valence-corrected chi connectivity index (χ3v) is 7.13. The first-order valence-corrected chi connectivity index (χ1v) is 10.8. The minimum Gasteiger partial charge on any atom is -0.381 e. The molecule has 7 heteroatoms. The molecule has 2 saturated heterocycles. The first kappa shape index (κ1) is 19.7. The molecule has 1 aromatic carbocycles. The van der Waals surface area contributed by atoms with Gasteiger partial charge in [-0.15, -0.1) is 0 Å². The van der Waals surface area contributed by atoms with Gasteiger partial charge in [0.1, 0.15) is 5.82 Å². The Morgan fingerprint density at radius 2 is 1.88 bits per heavy atom. The number of rotatable bonds is 6. The van der Waals surface area contributed by atoms with Crippen molar-refractivity contribution in [2.75, 3.05) is 32.8 Å². The molecule has 0 unspecified atom stereocenters. The van der Waals surface area contributed by atoms with Gasteiger partial charge < -0.3 is 4.74 Å². The highest BCUT2D eigenvalue weighted by atomic mass is 32.2. The van der Waals surface area contributed by atoms with E-state index in [0.717, 1.165) is 32.6 Å². The number of halogens is 1. The number of nitrogens with zero attached hydrogens (tertiary/aromatic N) is 2. The Kier molecular flexibility index (Phi) is 6.01. The van der Waals surface area contributed by atoms with Crippen molar-refractivity contribution in [2.24, 2.45) is 5.92 Å². The molecule has 0 atom stereocenters. The van der Waals surface area contributed by atoms with E-state index < -0.39 is 10.0 Å². The van der Waals surface area contributed by atoms with Crippen LogP contribution in [0.4, 0.5) is 4.39 Å². The van der Waals surface area contributed by atoms with E-state index in [1.807, 2.05) is 0 Å². The maximum absolute atomic E-state index is 13.5. The summed E-state index contributed by atoms with van der Waals surface area (Å²) < 4.78 is 46.1. The molecule has 2 aliphatic rings. The van der Waals surface area contributed by atoms with Gasteiger partial charge in [0.05, 0.1) is 4.90 Å². The van der Waals surface area contributed by atoms with Crippen molar-refractivity contribution in [1.29, 1.82) is 0 Å². The maximum Gasteiger partial charge on any atom is 0.243 e. The van der Waals surface area contributed by atoms with Crippen LogP contribution in [0.1, 0.15) is 32.3 Å². The zero-order chi connectivity index (χ0) is 18.9. The van der Waals surface area contributed by atoms with E-state index in [2.05, 4.69) is 18.7 Å². The Bertz CT molecular complexity index is 726. The number of hydrogen-bond acceptors (Lipinski definition) is 4. The first-order valence-electron chi connectivity index (χ1n) is 9.39. The molecule has 2 aliphatic heterocycles. The fourth-order valence-electron chi connectivity index (χ4n) is 3.78. The van der Waals surface area contributed by atoms with Crippen LogP contribution in [0.5, 0.6) is 0 Å². The van der Waals surface area contributed by atoms with Crippen LogP contribution in [-0.2, 0) is 14.8 Å². The van der Waals surface area contributed by atoms with Gasteiger partial charge in [-0.1, -0.05) is 13.8 Å². The van der Waals surface area contributed by atoms with Crippen LogP contribution >= 0.6 is 0 Å². The Morgan fingerprint density at radius 1 is 1.23 bits per heavy atom. The highest BCUT2D eigenvalue weighted by molar-refractivity contribution is 7.89. The standard InChI is InChI=1S/C19H29FN2O3S/c1-14(2)11-22(16-6-8-25-9-7-16)17-12-21(13-17)26(23,24)18-4-5-19(20)15(3)10-18/h4-5,10,14,16-17H,6-9,11-13H2,1-3H3. The molecule has 0 spiro atoms. The maximum atomic E-state index is 13.5. The van der Waals surface area contributed by atoms with Gasteiger partial charge in [-0.2, -0.15) is 4.31 Å². The van der Waals surface area contributed by atoms with Crippen LogP contribution < -0.4 is 0 Å². The zero-order valence-electron chi connectivity index (χ0n) is 15.8. The zero-order valence-corrected chi connectivity index (χ0v) is 16.6. The van der Waals surface area contributed by atoms with Crippen molar-refractivity contribution in [2.45, 2.75) is 50.6 Å². The molecule has 26 heavy (non-hydrogen) atoms. The minimum absolute atomic E-state index is 0.177. The van der Waals surface area contributed by atoms with Crippen LogP contribution in [-0.4, -0.2) is 62.6 Å². The summed E-state index contributed by atoms with van der Waals surface area (Å²) >= 11 is 0. The fraction of sp³-hybridized carbons (Fsp3) is 0.684. The highest BCUT2D eigenvalue weighted by Gasteiger charge is 2.42. The molecule has 2 fully saturated rings.